The maximum atomic E-state index is 10.2. The molecule has 0 aliphatic rings. The van der Waals surface area contributed by atoms with Crippen LogP contribution >= 0.6 is 23.2 Å². The average Bonchev–Trinajstić information content (AvgIpc) is 2.51. The fourth-order valence-electron chi connectivity index (χ4n) is 2.15. The molecular formula is C17H19Cl2NO2. The minimum absolute atomic E-state index is 0.0740. The molecule has 0 aliphatic heterocycles. The second kappa shape index (κ2) is 7.73. The van der Waals surface area contributed by atoms with Crippen LogP contribution in [0.1, 0.15) is 31.0 Å². The van der Waals surface area contributed by atoms with Crippen molar-refractivity contribution in [2.24, 2.45) is 0 Å². The average molecular weight is 340 g/mol. The zero-order valence-corrected chi connectivity index (χ0v) is 14.1. The van der Waals surface area contributed by atoms with Crippen molar-refractivity contribution in [2.75, 3.05) is 6.61 Å². The van der Waals surface area contributed by atoms with E-state index in [0.717, 1.165) is 11.1 Å². The van der Waals surface area contributed by atoms with Crippen molar-refractivity contribution in [3.8, 4) is 11.5 Å². The Kier molecular flexibility index (Phi) is 5.95. The van der Waals surface area contributed by atoms with Gasteiger partial charge >= 0.3 is 0 Å². The van der Waals surface area contributed by atoms with Crippen LogP contribution in [-0.2, 0) is 6.54 Å². The maximum absolute atomic E-state index is 10.2. The second-order valence-corrected chi connectivity index (χ2v) is 5.79. The zero-order valence-electron chi connectivity index (χ0n) is 12.6. The molecular weight excluding hydrogens is 321 g/mol. The summed E-state index contributed by atoms with van der Waals surface area (Å²) in [5.74, 6) is 0.683. The van der Waals surface area contributed by atoms with Crippen molar-refractivity contribution in [2.45, 2.75) is 26.4 Å². The lowest BCUT2D eigenvalue weighted by Crippen LogP contribution is -2.18. The third kappa shape index (κ3) is 4.07. The van der Waals surface area contributed by atoms with Crippen LogP contribution in [0.15, 0.2) is 36.4 Å². The van der Waals surface area contributed by atoms with Crippen LogP contribution in [0.2, 0.25) is 10.0 Å². The Morgan fingerprint density at radius 1 is 1.18 bits per heavy atom. The molecule has 0 amide bonds. The van der Waals surface area contributed by atoms with Crippen LogP contribution in [-0.4, -0.2) is 11.7 Å². The fraction of sp³-hybridized carbons (Fsp3) is 0.294. The van der Waals surface area contributed by atoms with E-state index in [1.165, 1.54) is 0 Å². The molecule has 22 heavy (non-hydrogen) atoms. The second-order valence-electron chi connectivity index (χ2n) is 4.97. The number of phenols is 1. The molecule has 0 aliphatic carbocycles. The van der Waals surface area contributed by atoms with Crippen molar-refractivity contribution in [3.63, 3.8) is 0 Å². The van der Waals surface area contributed by atoms with E-state index in [2.05, 4.69) is 5.32 Å². The highest BCUT2D eigenvalue weighted by molar-refractivity contribution is 6.42. The molecule has 1 atom stereocenters. The van der Waals surface area contributed by atoms with Crippen LogP contribution in [0.25, 0.3) is 0 Å². The van der Waals surface area contributed by atoms with Gasteiger partial charge in [-0.15, -0.1) is 0 Å². The van der Waals surface area contributed by atoms with Gasteiger partial charge in [0.25, 0.3) is 0 Å². The normalized spacial score (nSPS) is 12.2. The van der Waals surface area contributed by atoms with Crippen molar-refractivity contribution in [3.05, 3.63) is 57.6 Å². The Bertz CT molecular complexity index is 647. The van der Waals surface area contributed by atoms with E-state index in [1.807, 2.05) is 38.1 Å². The number of ether oxygens (including phenoxy) is 1. The van der Waals surface area contributed by atoms with Gasteiger partial charge in [0.05, 0.1) is 16.7 Å². The van der Waals surface area contributed by atoms with E-state index in [9.17, 15) is 5.11 Å². The summed E-state index contributed by atoms with van der Waals surface area (Å²) in [6.45, 7) is 4.96. The maximum Gasteiger partial charge on any atom is 0.162 e. The number of nitrogens with one attached hydrogen (secondary N) is 1. The quantitative estimate of drug-likeness (QED) is 0.782. The van der Waals surface area contributed by atoms with Gasteiger partial charge in [-0.1, -0.05) is 41.4 Å². The molecule has 0 aromatic heterocycles. The van der Waals surface area contributed by atoms with Gasteiger partial charge in [0, 0.05) is 18.2 Å². The van der Waals surface area contributed by atoms with E-state index in [1.54, 1.807) is 12.1 Å². The molecule has 2 aromatic carbocycles. The molecule has 0 radical (unpaired) electrons. The number of aromatic hydroxyl groups is 1. The van der Waals surface area contributed by atoms with Crippen LogP contribution in [0.3, 0.4) is 0 Å². The van der Waals surface area contributed by atoms with E-state index in [4.69, 9.17) is 27.9 Å². The van der Waals surface area contributed by atoms with Gasteiger partial charge in [0.2, 0.25) is 0 Å². The smallest absolute Gasteiger partial charge is 0.162 e. The number of benzene rings is 2. The number of para-hydroxylation sites is 1. The summed E-state index contributed by atoms with van der Waals surface area (Å²) in [5.41, 5.74) is 1.83. The molecule has 0 unspecified atom stereocenters. The van der Waals surface area contributed by atoms with Gasteiger partial charge in [-0.25, -0.2) is 0 Å². The van der Waals surface area contributed by atoms with E-state index >= 15 is 0 Å². The van der Waals surface area contributed by atoms with Gasteiger partial charge in [-0.3, -0.25) is 0 Å². The molecule has 5 heteroatoms. The van der Waals surface area contributed by atoms with Crippen molar-refractivity contribution in [1.82, 2.24) is 5.32 Å². The molecule has 2 N–H and O–H groups in total. The van der Waals surface area contributed by atoms with Crippen molar-refractivity contribution >= 4 is 23.2 Å². The lowest BCUT2D eigenvalue weighted by Gasteiger charge is -2.16. The molecule has 3 nitrogen and oxygen atoms in total. The Hall–Kier alpha value is -1.42. The summed E-state index contributed by atoms with van der Waals surface area (Å²) in [6.07, 6.45) is 0. The monoisotopic (exact) mass is 339 g/mol. The fourth-order valence-corrected chi connectivity index (χ4v) is 2.45. The summed E-state index contributed by atoms with van der Waals surface area (Å²) < 4.78 is 5.39. The molecule has 0 bridgehead atoms. The van der Waals surface area contributed by atoms with Crippen molar-refractivity contribution < 1.29 is 9.84 Å². The van der Waals surface area contributed by atoms with Crippen LogP contribution in [0, 0.1) is 0 Å². The largest absolute Gasteiger partial charge is 0.504 e. The first-order valence-corrected chi connectivity index (χ1v) is 7.90. The third-order valence-corrected chi connectivity index (χ3v) is 4.16. The molecule has 0 spiro atoms. The Labute approximate surface area is 140 Å². The first-order valence-electron chi connectivity index (χ1n) is 7.15. The number of hydrogen-bond acceptors (Lipinski definition) is 3. The summed E-state index contributed by atoms with van der Waals surface area (Å²) in [6, 6.07) is 11.1. The molecule has 118 valence electrons. The molecule has 2 aromatic rings. The standard InChI is InChI=1S/C17H19Cl2NO2/c1-3-22-16-6-4-5-13(17(16)21)10-20-11(2)12-7-8-14(18)15(19)9-12/h4-9,11,20-21H,3,10H2,1-2H3/t11-/m0/s1. The topological polar surface area (TPSA) is 41.5 Å². The van der Waals surface area contributed by atoms with Crippen LogP contribution < -0.4 is 10.1 Å². The Morgan fingerprint density at radius 2 is 1.95 bits per heavy atom. The Balaban J connectivity index is 2.06. The molecule has 0 fully saturated rings. The van der Waals surface area contributed by atoms with Gasteiger partial charge in [0.15, 0.2) is 11.5 Å². The summed E-state index contributed by atoms with van der Waals surface area (Å²) >= 11 is 12.0. The molecule has 0 heterocycles. The van der Waals surface area contributed by atoms with Crippen LogP contribution in [0.4, 0.5) is 0 Å². The third-order valence-electron chi connectivity index (χ3n) is 3.42. The predicted octanol–water partition coefficient (Wildman–Crippen LogP) is 4.95. The highest BCUT2D eigenvalue weighted by Gasteiger charge is 2.11. The lowest BCUT2D eigenvalue weighted by molar-refractivity contribution is 0.316. The minimum Gasteiger partial charge on any atom is -0.504 e. The van der Waals surface area contributed by atoms with Crippen molar-refractivity contribution in [1.29, 1.82) is 0 Å². The van der Waals surface area contributed by atoms with Gasteiger partial charge in [-0.05, 0) is 37.6 Å². The number of hydrogen-bond donors (Lipinski definition) is 2. The number of rotatable bonds is 6. The van der Waals surface area contributed by atoms with Crippen LogP contribution in [0.5, 0.6) is 11.5 Å². The minimum atomic E-state index is 0.0740. The lowest BCUT2D eigenvalue weighted by atomic mass is 10.1. The van der Waals surface area contributed by atoms with Gasteiger partial charge in [-0.2, -0.15) is 0 Å². The van der Waals surface area contributed by atoms with E-state index < -0.39 is 0 Å². The summed E-state index contributed by atoms with van der Waals surface area (Å²) in [7, 11) is 0. The molecule has 0 saturated carbocycles. The zero-order chi connectivity index (χ0) is 16.1. The predicted molar refractivity (Wildman–Crippen MR) is 91.0 cm³/mol. The summed E-state index contributed by atoms with van der Waals surface area (Å²) in [4.78, 5) is 0. The first-order chi connectivity index (χ1) is 10.5. The van der Waals surface area contributed by atoms with E-state index in [0.29, 0.717) is 28.9 Å². The highest BCUT2D eigenvalue weighted by atomic mass is 35.5. The number of halogens is 2. The molecule has 0 saturated heterocycles. The van der Waals surface area contributed by atoms with Gasteiger partial charge in [0.1, 0.15) is 0 Å². The first kappa shape index (κ1) is 16.9. The number of phenolic OH excluding ortho intramolecular Hbond substituents is 1. The Morgan fingerprint density at radius 3 is 2.64 bits per heavy atom. The SMILES string of the molecule is CCOc1cccc(CN[C@@H](C)c2ccc(Cl)c(Cl)c2)c1O. The molecule has 2 rings (SSSR count). The highest BCUT2D eigenvalue weighted by Crippen LogP contribution is 2.30. The van der Waals surface area contributed by atoms with Gasteiger partial charge < -0.3 is 15.2 Å². The summed E-state index contributed by atoms with van der Waals surface area (Å²) in [5, 5.41) is 14.6. The van der Waals surface area contributed by atoms with E-state index in [-0.39, 0.29) is 11.8 Å².